The first-order chi connectivity index (χ1) is 9.31. The Hall–Kier alpha value is -1.31. The van der Waals surface area contributed by atoms with Gasteiger partial charge in [0.25, 0.3) is 0 Å². The minimum atomic E-state index is -3.28. The van der Waals surface area contributed by atoms with Gasteiger partial charge in [-0.25, -0.2) is 13.2 Å². The van der Waals surface area contributed by atoms with Gasteiger partial charge in [0.1, 0.15) is 15.4 Å². The van der Waals surface area contributed by atoms with E-state index in [1.54, 1.807) is 27.7 Å². The van der Waals surface area contributed by atoms with Crippen molar-refractivity contribution in [3.8, 4) is 0 Å². The summed E-state index contributed by atoms with van der Waals surface area (Å²) >= 11 is 0. The molecule has 0 aliphatic carbocycles. The molecule has 2 N–H and O–H groups in total. The molecular weight excluding hydrogens is 298 g/mol. The first-order valence-corrected chi connectivity index (χ1v) is 8.75. The molecule has 124 valence electrons. The number of carbonyl (C=O) groups excluding carboxylic acids is 1. The summed E-state index contributed by atoms with van der Waals surface area (Å²) in [6.07, 6.45) is 0.471. The summed E-state index contributed by atoms with van der Waals surface area (Å²) in [5.41, 5.74) is -2.01. The molecule has 0 aromatic heterocycles. The monoisotopic (exact) mass is 323 g/mol. The Morgan fingerprint density at radius 1 is 1.24 bits per heavy atom. The highest BCUT2D eigenvalue weighted by atomic mass is 32.2. The molecule has 0 rings (SSSR count). The van der Waals surface area contributed by atoms with Crippen molar-refractivity contribution in [1.29, 1.82) is 0 Å². The maximum absolute atomic E-state index is 11.6. The van der Waals surface area contributed by atoms with E-state index in [0.717, 1.165) is 6.26 Å². The summed E-state index contributed by atoms with van der Waals surface area (Å²) in [6, 6.07) is 0. The number of sulfone groups is 1. The maximum Gasteiger partial charge on any atom is 0.407 e. The van der Waals surface area contributed by atoms with Crippen molar-refractivity contribution in [3.63, 3.8) is 0 Å². The van der Waals surface area contributed by atoms with E-state index in [1.807, 2.05) is 0 Å². The molecule has 0 aromatic carbocycles. The quantitative estimate of drug-likeness (QED) is 0.733. The molecular formula is C13H25NO6S. The lowest BCUT2D eigenvalue weighted by Crippen LogP contribution is -2.45. The van der Waals surface area contributed by atoms with Crippen LogP contribution in [0.25, 0.3) is 0 Å². The number of hydrogen-bond donors (Lipinski definition) is 2. The highest BCUT2D eigenvalue weighted by molar-refractivity contribution is 7.90. The first kappa shape index (κ1) is 19.7. The normalized spacial score (nSPS) is 15.1. The van der Waals surface area contributed by atoms with Crippen molar-refractivity contribution >= 4 is 21.9 Å². The molecule has 1 amide bonds. The predicted octanol–water partition coefficient (Wildman–Crippen LogP) is 1.43. The second-order valence-corrected chi connectivity index (χ2v) is 8.43. The highest BCUT2D eigenvalue weighted by Gasteiger charge is 2.38. The Bertz CT molecular complexity index is 479. The Balaban J connectivity index is 4.85. The number of ether oxygens (including phenoxy) is 1. The summed E-state index contributed by atoms with van der Waals surface area (Å²) in [6.45, 7) is 6.55. The van der Waals surface area contributed by atoms with Crippen LogP contribution in [0.4, 0.5) is 4.79 Å². The molecule has 0 heterocycles. The minimum Gasteiger partial charge on any atom is -0.481 e. The van der Waals surface area contributed by atoms with Gasteiger partial charge in [-0.3, -0.25) is 4.79 Å². The second kappa shape index (κ2) is 7.11. The van der Waals surface area contributed by atoms with Crippen LogP contribution in [-0.4, -0.2) is 49.7 Å². The van der Waals surface area contributed by atoms with E-state index in [-0.39, 0.29) is 25.1 Å². The third-order valence-electron chi connectivity index (χ3n) is 3.05. The van der Waals surface area contributed by atoms with E-state index in [4.69, 9.17) is 4.74 Å². The summed E-state index contributed by atoms with van der Waals surface area (Å²) in [5.74, 6) is -1.38. The lowest BCUT2D eigenvalue weighted by Gasteiger charge is -2.29. The van der Waals surface area contributed by atoms with Gasteiger partial charge in [-0.15, -0.1) is 0 Å². The first-order valence-electron chi connectivity index (χ1n) is 6.69. The molecule has 0 aromatic rings. The number of aliphatic carboxylic acids is 1. The van der Waals surface area contributed by atoms with E-state index in [1.165, 1.54) is 0 Å². The molecule has 0 saturated carbocycles. The number of carboxylic acids is 1. The summed E-state index contributed by atoms with van der Waals surface area (Å²) in [4.78, 5) is 23.1. The Kier molecular flexibility index (Phi) is 6.66. The van der Waals surface area contributed by atoms with Crippen molar-refractivity contribution in [1.82, 2.24) is 5.32 Å². The second-order valence-electron chi connectivity index (χ2n) is 6.17. The number of alkyl carbamates (subject to hydrolysis) is 1. The lowest BCUT2D eigenvalue weighted by atomic mass is 9.82. The standard InChI is InChI=1S/C13H25NO6S/c1-6-13(10(15)16,7-8-21(5,18)19)9-14-11(17)20-12(2,3)4/h6-9H2,1-5H3,(H,14,17)(H,15,16). The molecule has 7 nitrogen and oxygen atoms in total. The Labute approximate surface area is 126 Å². The van der Waals surface area contributed by atoms with Gasteiger partial charge < -0.3 is 15.2 Å². The van der Waals surface area contributed by atoms with Crippen molar-refractivity contribution in [2.24, 2.45) is 5.41 Å². The van der Waals surface area contributed by atoms with Crippen LogP contribution in [0, 0.1) is 5.41 Å². The molecule has 8 heteroatoms. The predicted molar refractivity (Wildman–Crippen MR) is 78.9 cm³/mol. The van der Waals surface area contributed by atoms with E-state index in [9.17, 15) is 23.1 Å². The summed E-state index contributed by atoms with van der Waals surface area (Å²) in [5, 5.41) is 11.8. The molecule has 0 aliphatic rings. The van der Waals surface area contributed by atoms with Crippen molar-refractivity contribution in [3.05, 3.63) is 0 Å². The number of nitrogens with one attached hydrogen (secondary N) is 1. The van der Waals surface area contributed by atoms with Gasteiger partial charge in [-0.1, -0.05) is 6.92 Å². The van der Waals surface area contributed by atoms with Crippen molar-refractivity contribution in [2.75, 3.05) is 18.6 Å². The average Bonchev–Trinajstić information content (AvgIpc) is 2.25. The lowest BCUT2D eigenvalue weighted by molar-refractivity contribution is -0.149. The van der Waals surface area contributed by atoms with Crippen molar-refractivity contribution in [2.45, 2.75) is 46.1 Å². The molecule has 0 radical (unpaired) electrons. The zero-order valence-corrected chi connectivity index (χ0v) is 14.0. The van der Waals surface area contributed by atoms with Gasteiger partial charge in [0.15, 0.2) is 0 Å². The van der Waals surface area contributed by atoms with Gasteiger partial charge in [0, 0.05) is 12.8 Å². The van der Waals surface area contributed by atoms with Crippen LogP contribution < -0.4 is 5.32 Å². The van der Waals surface area contributed by atoms with Crippen molar-refractivity contribution < 1.29 is 27.9 Å². The Morgan fingerprint density at radius 2 is 1.76 bits per heavy atom. The Morgan fingerprint density at radius 3 is 2.10 bits per heavy atom. The number of carbonyl (C=O) groups is 2. The fourth-order valence-electron chi connectivity index (χ4n) is 1.66. The molecule has 0 saturated heterocycles. The molecule has 0 spiro atoms. The topological polar surface area (TPSA) is 110 Å². The van der Waals surface area contributed by atoms with Gasteiger partial charge in [0.2, 0.25) is 0 Å². The average molecular weight is 323 g/mol. The van der Waals surface area contributed by atoms with Gasteiger partial charge in [-0.05, 0) is 33.6 Å². The largest absolute Gasteiger partial charge is 0.481 e. The van der Waals surface area contributed by atoms with E-state index < -0.39 is 32.9 Å². The van der Waals surface area contributed by atoms with E-state index >= 15 is 0 Å². The van der Waals surface area contributed by atoms with Crippen LogP contribution in [0.5, 0.6) is 0 Å². The fourth-order valence-corrected chi connectivity index (χ4v) is 2.42. The number of hydrogen-bond acceptors (Lipinski definition) is 5. The van der Waals surface area contributed by atoms with Crippen LogP contribution in [0.1, 0.15) is 40.5 Å². The molecule has 21 heavy (non-hydrogen) atoms. The minimum absolute atomic E-state index is 0.0620. The van der Waals surface area contributed by atoms with Crippen LogP contribution in [0.2, 0.25) is 0 Å². The van der Waals surface area contributed by atoms with Crippen LogP contribution in [0.3, 0.4) is 0 Å². The van der Waals surface area contributed by atoms with Crippen LogP contribution in [0.15, 0.2) is 0 Å². The zero-order chi connectivity index (χ0) is 16.9. The number of carboxylic acid groups (broad SMARTS) is 1. The van der Waals surface area contributed by atoms with Gasteiger partial charge >= 0.3 is 12.1 Å². The molecule has 1 atom stereocenters. The van der Waals surface area contributed by atoms with Crippen LogP contribution in [-0.2, 0) is 19.4 Å². The summed E-state index contributed by atoms with van der Waals surface area (Å²) in [7, 11) is -3.28. The smallest absolute Gasteiger partial charge is 0.407 e. The number of amides is 1. The van der Waals surface area contributed by atoms with E-state index in [2.05, 4.69) is 5.32 Å². The third-order valence-corrected chi connectivity index (χ3v) is 4.00. The fraction of sp³-hybridized carbons (Fsp3) is 0.846. The highest BCUT2D eigenvalue weighted by Crippen LogP contribution is 2.27. The van der Waals surface area contributed by atoms with Gasteiger partial charge in [-0.2, -0.15) is 0 Å². The number of rotatable bonds is 7. The molecule has 0 aliphatic heterocycles. The van der Waals surface area contributed by atoms with Crippen LogP contribution >= 0.6 is 0 Å². The zero-order valence-electron chi connectivity index (χ0n) is 13.2. The summed E-state index contributed by atoms with van der Waals surface area (Å²) < 4.78 is 27.5. The van der Waals surface area contributed by atoms with E-state index in [0.29, 0.717) is 0 Å². The molecule has 0 fully saturated rings. The maximum atomic E-state index is 11.6. The molecule has 0 bridgehead atoms. The molecule has 1 unspecified atom stereocenters. The third kappa shape index (κ3) is 7.89. The SMILES string of the molecule is CCC(CCS(C)(=O)=O)(CNC(=O)OC(C)(C)C)C(=O)O. The van der Waals surface area contributed by atoms with Gasteiger partial charge in [0.05, 0.1) is 11.2 Å².